The number of aryl methyl sites for hydroxylation is 1. The molecule has 23 heavy (non-hydrogen) atoms. The van der Waals surface area contributed by atoms with Crippen LogP contribution in [0.2, 0.25) is 0 Å². The highest BCUT2D eigenvalue weighted by Crippen LogP contribution is 2.36. The number of carbonyl (C=O) groups is 3. The minimum atomic E-state index is -0.636. The Morgan fingerprint density at radius 2 is 1.91 bits per heavy atom. The molecule has 124 valence electrons. The molecule has 0 spiro atoms. The van der Waals surface area contributed by atoms with Crippen LogP contribution in [0.1, 0.15) is 59.3 Å². The van der Waals surface area contributed by atoms with Gasteiger partial charge in [-0.25, -0.2) is 4.79 Å². The molecule has 2 saturated carbocycles. The van der Waals surface area contributed by atoms with Crippen molar-refractivity contribution in [2.75, 3.05) is 5.32 Å². The van der Waals surface area contributed by atoms with Gasteiger partial charge in [-0.05, 0) is 51.5 Å². The highest BCUT2D eigenvalue weighted by molar-refractivity contribution is 7.16. The van der Waals surface area contributed by atoms with Gasteiger partial charge in [0, 0.05) is 17.2 Å². The van der Waals surface area contributed by atoms with Gasteiger partial charge in [-0.3, -0.25) is 9.59 Å². The van der Waals surface area contributed by atoms with Crippen molar-refractivity contribution in [3.05, 3.63) is 16.0 Å². The van der Waals surface area contributed by atoms with Crippen LogP contribution in [0.25, 0.3) is 0 Å². The number of Topliss-reactive ketones (excluding diaryl/α,β-unsaturated/α-hetero) is 1. The number of ether oxygens (including phenoxy) is 1. The van der Waals surface area contributed by atoms with E-state index in [1.165, 1.54) is 11.3 Å². The van der Waals surface area contributed by atoms with Gasteiger partial charge in [-0.15, -0.1) is 11.3 Å². The van der Waals surface area contributed by atoms with Crippen molar-refractivity contribution >= 4 is 34.0 Å². The Balaban J connectivity index is 1.78. The van der Waals surface area contributed by atoms with Crippen LogP contribution in [-0.2, 0) is 14.3 Å². The van der Waals surface area contributed by atoms with E-state index in [1.54, 1.807) is 0 Å². The van der Waals surface area contributed by atoms with E-state index in [0.717, 1.165) is 36.1 Å². The van der Waals surface area contributed by atoms with Crippen LogP contribution in [0, 0.1) is 19.8 Å². The van der Waals surface area contributed by atoms with Gasteiger partial charge in [0.05, 0.1) is 5.56 Å². The molecule has 0 saturated heterocycles. The monoisotopic (exact) mass is 335 g/mol. The first-order valence-corrected chi connectivity index (χ1v) is 8.93. The first-order valence-electron chi connectivity index (χ1n) is 8.12. The van der Waals surface area contributed by atoms with E-state index in [0.29, 0.717) is 23.4 Å². The van der Waals surface area contributed by atoms with Gasteiger partial charge in [-0.2, -0.15) is 0 Å². The zero-order valence-electron chi connectivity index (χ0n) is 13.4. The summed E-state index contributed by atoms with van der Waals surface area (Å²) in [5.41, 5.74) is 1.22. The lowest BCUT2D eigenvalue weighted by atomic mass is 9.96. The van der Waals surface area contributed by atoms with Crippen LogP contribution in [0.4, 0.5) is 5.00 Å². The van der Waals surface area contributed by atoms with Gasteiger partial charge in [0.25, 0.3) is 0 Å². The molecule has 1 aromatic rings. The molecule has 1 N–H and O–H groups in total. The third kappa shape index (κ3) is 3.47. The number of ketones is 1. The van der Waals surface area contributed by atoms with E-state index in [-0.39, 0.29) is 17.6 Å². The van der Waals surface area contributed by atoms with E-state index in [1.807, 2.05) is 13.8 Å². The number of carbonyl (C=O) groups excluding carboxylic acids is 3. The normalized spacial score (nSPS) is 21.1. The van der Waals surface area contributed by atoms with Crippen molar-refractivity contribution in [2.24, 2.45) is 5.92 Å². The van der Waals surface area contributed by atoms with E-state index < -0.39 is 12.1 Å². The first kappa shape index (κ1) is 16.2. The summed E-state index contributed by atoms with van der Waals surface area (Å²) in [7, 11) is 0. The predicted octanol–water partition coefficient (Wildman–Crippen LogP) is 3.38. The molecule has 6 heteroatoms. The van der Waals surface area contributed by atoms with Gasteiger partial charge >= 0.3 is 5.97 Å². The Hall–Kier alpha value is -1.69. The second kappa shape index (κ2) is 6.43. The number of hydrogen-bond donors (Lipinski definition) is 1. The van der Waals surface area contributed by atoms with E-state index in [9.17, 15) is 14.4 Å². The Kier molecular flexibility index (Phi) is 4.53. The molecule has 1 amide bonds. The molecular weight excluding hydrogens is 314 g/mol. The Morgan fingerprint density at radius 3 is 2.57 bits per heavy atom. The summed E-state index contributed by atoms with van der Waals surface area (Å²) in [5, 5.41) is 3.40. The van der Waals surface area contributed by atoms with E-state index in [4.69, 9.17) is 4.74 Å². The molecule has 2 aliphatic rings. The molecule has 1 heterocycles. The number of nitrogens with one attached hydrogen (secondary N) is 1. The Labute approximate surface area is 139 Å². The van der Waals surface area contributed by atoms with Crippen molar-refractivity contribution < 1.29 is 19.1 Å². The van der Waals surface area contributed by atoms with Crippen LogP contribution >= 0.6 is 11.3 Å². The highest BCUT2D eigenvalue weighted by atomic mass is 32.1. The number of anilines is 1. The molecule has 5 nitrogen and oxygen atoms in total. The Bertz CT molecular complexity index is 660. The zero-order chi connectivity index (χ0) is 16.6. The minimum absolute atomic E-state index is 0.00206. The fourth-order valence-electron chi connectivity index (χ4n) is 2.78. The average Bonchev–Trinajstić information content (AvgIpc) is 3.30. The minimum Gasteiger partial charge on any atom is -0.451 e. The Morgan fingerprint density at radius 1 is 1.17 bits per heavy atom. The fourth-order valence-corrected chi connectivity index (χ4v) is 3.84. The first-order chi connectivity index (χ1) is 11.0. The molecule has 1 aromatic heterocycles. The van der Waals surface area contributed by atoms with Gasteiger partial charge < -0.3 is 10.1 Å². The van der Waals surface area contributed by atoms with Gasteiger partial charge in [0.1, 0.15) is 5.00 Å². The largest absolute Gasteiger partial charge is 0.451 e. The third-order valence-corrected chi connectivity index (χ3v) is 5.64. The van der Waals surface area contributed by atoms with Crippen LogP contribution in [0.15, 0.2) is 0 Å². The highest BCUT2D eigenvalue weighted by Gasteiger charge is 2.33. The lowest BCUT2D eigenvalue weighted by Crippen LogP contribution is -2.30. The maximum absolute atomic E-state index is 12.6. The summed E-state index contributed by atoms with van der Waals surface area (Å²) >= 11 is 1.39. The quantitative estimate of drug-likeness (QED) is 0.856. The molecule has 0 bridgehead atoms. The third-order valence-electron chi connectivity index (χ3n) is 4.52. The van der Waals surface area contributed by atoms with Crippen molar-refractivity contribution in [2.45, 2.75) is 58.5 Å². The molecular formula is C17H21NO4S. The van der Waals surface area contributed by atoms with E-state index >= 15 is 0 Å². The number of thiophene rings is 1. The molecule has 2 aliphatic carbocycles. The SMILES string of the molecule is Cc1sc(NC(=O)C2CC2)c(C(=O)O[C@@H]2CCCCC2=O)c1C. The molecule has 2 fully saturated rings. The smallest absolute Gasteiger partial charge is 0.342 e. The molecule has 0 aromatic carbocycles. The predicted molar refractivity (Wildman–Crippen MR) is 87.8 cm³/mol. The van der Waals surface area contributed by atoms with Crippen molar-refractivity contribution in [1.29, 1.82) is 0 Å². The summed E-state index contributed by atoms with van der Waals surface area (Å²) in [6, 6.07) is 0. The van der Waals surface area contributed by atoms with Gasteiger partial charge in [0.15, 0.2) is 11.9 Å². The summed E-state index contributed by atoms with van der Waals surface area (Å²) in [6.45, 7) is 3.76. The second-order valence-corrected chi connectivity index (χ2v) is 7.58. The average molecular weight is 335 g/mol. The lowest BCUT2D eigenvalue weighted by Gasteiger charge is -2.21. The molecule has 1 atom stereocenters. The number of hydrogen-bond acceptors (Lipinski definition) is 5. The number of esters is 1. The second-order valence-electron chi connectivity index (χ2n) is 6.36. The molecule has 0 unspecified atom stereocenters. The van der Waals surface area contributed by atoms with Crippen LogP contribution in [-0.4, -0.2) is 23.8 Å². The van der Waals surface area contributed by atoms with Crippen LogP contribution in [0.3, 0.4) is 0 Å². The summed E-state index contributed by atoms with van der Waals surface area (Å²) in [4.78, 5) is 37.4. The molecule has 3 rings (SSSR count). The van der Waals surface area contributed by atoms with Gasteiger partial charge in [0.2, 0.25) is 5.91 Å². The maximum atomic E-state index is 12.6. The van der Waals surface area contributed by atoms with Gasteiger partial charge in [-0.1, -0.05) is 0 Å². The van der Waals surface area contributed by atoms with Crippen LogP contribution in [0.5, 0.6) is 0 Å². The fraction of sp³-hybridized carbons (Fsp3) is 0.588. The van der Waals surface area contributed by atoms with Crippen molar-refractivity contribution in [3.63, 3.8) is 0 Å². The molecule has 0 radical (unpaired) electrons. The summed E-state index contributed by atoms with van der Waals surface area (Å²) < 4.78 is 5.45. The van der Waals surface area contributed by atoms with Crippen LogP contribution < -0.4 is 5.32 Å². The summed E-state index contributed by atoms with van der Waals surface area (Å²) in [5.74, 6) is -0.466. The zero-order valence-corrected chi connectivity index (χ0v) is 14.3. The number of rotatable bonds is 4. The standard InChI is InChI=1S/C17H21NO4S/c1-9-10(2)23-16(18-15(20)11-7-8-11)14(9)17(21)22-13-6-4-3-5-12(13)19/h11,13H,3-8H2,1-2H3,(H,18,20)/t13-/m1/s1. The molecule has 0 aliphatic heterocycles. The maximum Gasteiger partial charge on any atom is 0.342 e. The summed E-state index contributed by atoms with van der Waals surface area (Å²) in [6.07, 6.45) is 4.02. The van der Waals surface area contributed by atoms with Crippen molar-refractivity contribution in [1.82, 2.24) is 0 Å². The van der Waals surface area contributed by atoms with E-state index in [2.05, 4.69) is 5.32 Å². The topological polar surface area (TPSA) is 72.5 Å². The van der Waals surface area contributed by atoms with Crippen molar-refractivity contribution in [3.8, 4) is 0 Å². The lowest BCUT2D eigenvalue weighted by molar-refractivity contribution is -0.130. The number of amides is 1.